The Morgan fingerprint density at radius 1 is 0.982 bits per heavy atom. The smallest absolute Gasteiger partial charge is 0.387 e. The number of halogens is 1. The maximum absolute atomic E-state index is 12.7. The first-order chi connectivity index (χ1) is 25.5. The van der Waals surface area contributed by atoms with E-state index in [9.17, 15) is 53.3 Å². The topological polar surface area (TPSA) is 401 Å². The molecule has 3 aliphatic heterocycles. The minimum atomic E-state index is -5.98. The number of H-pyrrole nitrogens is 1. The number of phosphoric acid groups is 3. The highest BCUT2D eigenvalue weighted by Gasteiger charge is 2.50. The third-order valence-corrected chi connectivity index (χ3v) is 13.1. The van der Waals surface area contributed by atoms with Crippen molar-refractivity contribution in [2.45, 2.75) is 55.5 Å². The molecule has 0 spiro atoms. The van der Waals surface area contributed by atoms with Crippen LogP contribution in [-0.4, -0.2) is 139 Å². The molecule has 0 aliphatic carbocycles. The lowest BCUT2D eigenvalue weighted by molar-refractivity contribution is -0.119. The van der Waals surface area contributed by atoms with Crippen LogP contribution >= 0.6 is 46.3 Å². The van der Waals surface area contributed by atoms with E-state index >= 15 is 0 Å². The van der Waals surface area contributed by atoms with Gasteiger partial charge in [-0.2, -0.15) is 18.6 Å². The number of nitrogens with zero attached hydrogens (tertiary/aromatic N) is 6. The predicted octanol–water partition coefficient (Wildman–Crippen LogP) is -2.82. The number of methoxy groups -OCH3 is 1. The number of aromatic nitrogens is 4. The van der Waals surface area contributed by atoms with Crippen LogP contribution in [0.1, 0.15) is 11.9 Å². The van der Waals surface area contributed by atoms with Gasteiger partial charge in [-0.3, -0.25) is 36.6 Å². The van der Waals surface area contributed by atoms with Gasteiger partial charge in [0, 0.05) is 21.2 Å². The number of nitrogens with one attached hydrogen (secondary N) is 2. The van der Waals surface area contributed by atoms with Gasteiger partial charge < -0.3 is 60.6 Å². The molecule has 2 aromatic rings. The number of anilines is 3. The number of carbonyl (C=O) groups is 1. The fourth-order valence-electron chi connectivity index (χ4n) is 5.54. The van der Waals surface area contributed by atoms with Gasteiger partial charge in [-0.15, -0.1) is 0 Å². The fraction of sp³-hybridized carbons (Fsp3) is 0.609. The van der Waals surface area contributed by atoms with Crippen molar-refractivity contribution in [3.8, 4) is 0 Å². The number of imidazole rings is 1. The molecule has 55 heavy (non-hydrogen) atoms. The normalized spacial score (nSPS) is 30.0. The molecule has 32 heteroatoms. The Labute approximate surface area is 322 Å². The standard InChI is InChI=1S/C23H36IN10O18P3/c1-32(2)12-18(30-23(26)31-19(12)39)34(24)21-15(38)16(46-3)10(50-21)6-48-54(42,43)52-55(44,45)51-53(40,41)47-5-9-13(36)14(37)20(49-9)33-7-27-8-4-11(35)28-22(25)29-17(8)33/h7,9-10,13-16,20-21,36-38H,4-6H2,1-3H3,(H,40,41)(H,42,43)(H,44,45)(H3,25,28,29,35)(H3,26,30,31,39)/t9-,10-,13?,14?,15?,16?,20-,21-/m1/s1. The second kappa shape index (κ2) is 16.7. The minimum Gasteiger partial charge on any atom is -0.387 e. The second-order valence-corrected chi connectivity index (χ2v) is 17.6. The summed E-state index contributed by atoms with van der Waals surface area (Å²) in [6.45, 7) is -2.02. The van der Waals surface area contributed by atoms with Crippen LogP contribution in [0.2, 0.25) is 0 Å². The molecule has 2 saturated heterocycles. The quantitative estimate of drug-likeness (QED) is 0.0489. The molecule has 1 amide bonds. The zero-order chi connectivity index (χ0) is 40.8. The Morgan fingerprint density at radius 2 is 1.60 bits per heavy atom. The number of phosphoric ester groups is 2. The molecule has 12 N–H and O–H groups in total. The SMILES string of the molecule is COC1C(O)[C@H](N(I)c2nc(N)[nH]c(=O)c2N(C)C)O[C@@H]1COP(=O)(O)OP(=O)(O)OP(=O)(O)OC[C@H]1O[C@@H](n2cnc3c2N=C(N)NC(=O)C3)C(O)C1O. The van der Waals surface area contributed by atoms with Gasteiger partial charge in [0.1, 0.15) is 42.3 Å². The fourth-order valence-corrected chi connectivity index (χ4v) is 9.86. The summed E-state index contributed by atoms with van der Waals surface area (Å²) in [6.07, 6.45) is -11.2. The Bertz CT molecular complexity index is 2000. The number of aliphatic hydroxyl groups excluding tert-OH is 3. The summed E-state index contributed by atoms with van der Waals surface area (Å²) in [5.74, 6) is -1.12. The molecule has 11 atom stereocenters. The second-order valence-electron chi connectivity index (χ2n) is 11.9. The number of aromatic amines is 1. The zero-order valence-electron chi connectivity index (χ0n) is 28.5. The van der Waals surface area contributed by atoms with E-state index in [2.05, 4.69) is 38.4 Å². The van der Waals surface area contributed by atoms with E-state index < -0.39 is 97.2 Å². The molecule has 0 saturated carbocycles. The Kier molecular flexibility index (Phi) is 13.2. The lowest BCUT2D eigenvalue weighted by Gasteiger charge is -2.28. The van der Waals surface area contributed by atoms with Gasteiger partial charge in [-0.1, -0.05) is 0 Å². The third-order valence-electron chi connectivity index (χ3n) is 7.84. The van der Waals surface area contributed by atoms with Crippen LogP contribution in [0.4, 0.5) is 23.3 Å². The first-order valence-corrected chi connectivity index (χ1v) is 20.8. The Balaban J connectivity index is 1.17. The summed E-state index contributed by atoms with van der Waals surface area (Å²) in [5.41, 5.74) is 10.9. The lowest BCUT2D eigenvalue weighted by Crippen LogP contribution is -2.41. The van der Waals surface area contributed by atoms with E-state index in [1.807, 2.05) is 0 Å². The van der Waals surface area contributed by atoms with Gasteiger partial charge in [0.2, 0.25) is 17.8 Å². The predicted molar refractivity (Wildman–Crippen MR) is 190 cm³/mol. The number of aliphatic imine (C=N–C) groups is 1. The number of nitrogen functional groups attached to an aromatic ring is 1. The van der Waals surface area contributed by atoms with Crippen molar-refractivity contribution in [1.82, 2.24) is 24.8 Å². The average molecular weight is 960 g/mol. The Hall–Kier alpha value is -2.67. The molecule has 308 valence electrons. The van der Waals surface area contributed by atoms with Gasteiger partial charge in [-0.05, 0) is 0 Å². The molecule has 0 bridgehead atoms. The number of aliphatic hydroxyl groups is 3. The number of carbonyl (C=O) groups excluding carboxylic acids is 1. The highest BCUT2D eigenvalue weighted by Crippen LogP contribution is 2.68. The number of hydrogen-bond donors (Lipinski definition) is 10. The van der Waals surface area contributed by atoms with E-state index in [4.69, 9.17) is 30.2 Å². The number of ether oxygens (including phenoxy) is 3. The monoisotopic (exact) mass is 960 g/mol. The maximum Gasteiger partial charge on any atom is 0.490 e. The van der Waals surface area contributed by atoms with Crippen LogP contribution in [0.5, 0.6) is 0 Å². The molecule has 0 radical (unpaired) electrons. The van der Waals surface area contributed by atoms with Crippen LogP contribution in [0.15, 0.2) is 16.1 Å². The van der Waals surface area contributed by atoms with Gasteiger partial charge >= 0.3 is 23.5 Å². The van der Waals surface area contributed by atoms with Crippen molar-refractivity contribution >= 4 is 81.5 Å². The molecule has 2 aromatic heterocycles. The zero-order valence-corrected chi connectivity index (χ0v) is 33.3. The summed E-state index contributed by atoms with van der Waals surface area (Å²) in [4.78, 5) is 70.7. The largest absolute Gasteiger partial charge is 0.490 e. The first kappa shape index (κ1) is 43.5. The molecule has 2 fully saturated rings. The van der Waals surface area contributed by atoms with Crippen molar-refractivity contribution in [3.63, 3.8) is 0 Å². The van der Waals surface area contributed by atoms with Crippen molar-refractivity contribution in [3.05, 3.63) is 22.4 Å². The van der Waals surface area contributed by atoms with Crippen LogP contribution < -0.4 is 30.4 Å². The number of rotatable bonds is 15. The molecule has 3 aliphatic rings. The van der Waals surface area contributed by atoms with Gasteiger partial charge in [0.15, 0.2) is 24.1 Å². The minimum absolute atomic E-state index is 0.00875. The van der Waals surface area contributed by atoms with Crippen molar-refractivity contribution in [1.29, 1.82) is 0 Å². The molecular weight excluding hydrogens is 924 g/mol. The molecule has 5 heterocycles. The number of nitrogens with two attached hydrogens (primary N) is 2. The molecule has 7 unspecified atom stereocenters. The van der Waals surface area contributed by atoms with E-state index in [1.54, 1.807) is 37.0 Å². The van der Waals surface area contributed by atoms with E-state index in [0.717, 1.165) is 18.0 Å². The van der Waals surface area contributed by atoms with Gasteiger partial charge in [0.05, 0.1) is 54.5 Å². The highest BCUT2D eigenvalue weighted by molar-refractivity contribution is 14.1. The summed E-state index contributed by atoms with van der Waals surface area (Å²) in [5, 5.41) is 34.4. The number of amides is 1. The Morgan fingerprint density at radius 3 is 2.20 bits per heavy atom. The van der Waals surface area contributed by atoms with Gasteiger partial charge in [0.25, 0.3) is 5.56 Å². The first-order valence-electron chi connectivity index (χ1n) is 15.3. The van der Waals surface area contributed by atoms with E-state index in [-0.39, 0.29) is 41.3 Å². The number of guanidine groups is 1. The third kappa shape index (κ3) is 9.90. The van der Waals surface area contributed by atoms with Crippen LogP contribution in [0.3, 0.4) is 0 Å². The summed E-state index contributed by atoms with van der Waals surface area (Å²) in [6, 6.07) is 0. The van der Waals surface area contributed by atoms with Crippen LogP contribution in [0, 0.1) is 0 Å². The van der Waals surface area contributed by atoms with Crippen molar-refractivity contribution in [2.24, 2.45) is 10.7 Å². The number of hydrogen-bond acceptors (Lipinski definition) is 22. The van der Waals surface area contributed by atoms with E-state index in [1.165, 1.54) is 8.01 Å². The number of fused-ring (bicyclic) bond motifs is 1. The molecule has 0 aromatic carbocycles. The summed E-state index contributed by atoms with van der Waals surface area (Å²) in [7, 11) is -13.1. The van der Waals surface area contributed by atoms with Crippen LogP contribution in [0.25, 0.3) is 0 Å². The van der Waals surface area contributed by atoms with Crippen LogP contribution in [-0.2, 0) is 56.8 Å². The van der Waals surface area contributed by atoms with Crippen molar-refractivity contribution in [2.75, 3.05) is 48.2 Å². The summed E-state index contributed by atoms with van der Waals surface area (Å²) >= 11 is 1.68. The van der Waals surface area contributed by atoms with Crippen molar-refractivity contribution < 1.29 is 80.4 Å². The molecule has 28 nitrogen and oxygen atoms in total. The highest BCUT2D eigenvalue weighted by atomic mass is 127. The molecule has 5 rings (SSSR count). The summed E-state index contributed by atoms with van der Waals surface area (Å²) < 4.78 is 74.3. The van der Waals surface area contributed by atoms with E-state index in [0.29, 0.717) is 0 Å². The maximum atomic E-state index is 12.7. The van der Waals surface area contributed by atoms with Gasteiger partial charge in [-0.25, -0.2) is 18.7 Å². The average Bonchev–Trinajstić information content (AvgIpc) is 3.65. The lowest BCUT2D eigenvalue weighted by atomic mass is 10.1. The molecular formula is C23H36IN10O18P3.